The zero-order chi connectivity index (χ0) is 23.5. The van der Waals surface area contributed by atoms with Crippen LogP contribution in [0.4, 0.5) is 0 Å². The first-order valence-corrected chi connectivity index (χ1v) is 11.7. The van der Waals surface area contributed by atoms with Crippen molar-refractivity contribution in [2.24, 2.45) is 4.99 Å². The van der Waals surface area contributed by atoms with Gasteiger partial charge in [-0.25, -0.2) is 9.79 Å². The summed E-state index contributed by atoms with van der Waals surface area (Å²) in [6, 6.07) is 14.3. The van der Waals surface area contributed by atoms with E-state index >= 15 is 0 Å². The van der Waals surface area contributed by atoms with E-state index in [-0.39, 0.29) is 12.2 Å². The lowest BCUT2D eigenvalue weighted by Crippen LogP contribution is -2.39. The molecule has 1 aromatic heterocycles. The Morgan fingerprint density at radius 2 is 1.91 bits per heavy atom. The molecule has 0 N–H and O–H groups in total. The van der Waals surface area contributed by atoms with Gasteiger partial charge in [0.15, 0.2) is 4.80 Å². The molecule has 0 spiro atoms. The zero-order valence-electron chi connectivity index (χ0n) is 18.1. The van der Waals surface area contributed by atoms with Gasteiger partial charge in [0.1, 0.15) is 12.4 Å². The lowest BCUT2D eigenvalue weighted by atomic mass is 9.96. The minimum absolute atomic E-state index is 0.0684. The number of nitrogens with zero attached hydrogens (tertiary/aromatic N) is 2. The number of hydrogen-bond donors (Lipinski definition) is 0. The summed E-state index contributed by atoms with van der Waals surface area (Å²) in [7, 11) is 1.59. The number of thiazole rings is 1. The van der Waals surface area contributed by atoms with Gasteiger partial charge >= 0.3 is 5.97 Å². The summed E-state index contributed by atoms with van der Waals surface area (Å²) in [4.78, 5) is 31.6. The van der Waals surface area contributed by atoms with Gasteiger partial charge in [0, 0.05) is 4.47 Å². The fourth-order valence-corrected chi connectivity index (χ4v) is 4.92. The van der Waals surface area contributed by atoms with E-state index in [0.717, 1.165) is 15.6 Å². The smallest absolute Gasteiger partial charge is 0.338 e. The van der Waals surface area contributed by atoms with Gasteiger partial charge in [-0.05, 0) is 48.4 Å². The molecule has 0 saturated heterocycles. The third-order valence-corrected chi connectivity index (χ3v) is 6.68. The first-order valence-electron chi connectivity index (χ1n) is 10.1. The Morgan fingerprint density at radius 3 is 2.55 bits per heavy atom. The van der Waals surface area contributed by atoms with Crippen LogP contribution in [0.1, 0.15) is 24.1 Å². The molecule has 1 aliphatic heterocycles. The van der Waals surface area contributed by atoms with Crippen LogP contribution in [0.2, 0.25) is 0 Å². The van der Waals surface area contributed by atoms with Crippen LogP contribution in [-0.2, 0) is 9.53 Å². The number of esters is 1. The summed E-state index contributed by atoms with van der Waals surface area (Å²) < 4.78 is 13.7. The molecule has 33 heavy (non-hydrogen) atoms. The van der Waals surface area contributed by atoms with Gasteiger partial charge in [-0.15, -0.1) is 0 Å². The number of aromatic nitrogens is 1. The van der Waals surface area contributed by atoms with Crippen LogP contribution >= 0.6 is 27.3 Å². The molecule has 1 unspecified atom stereocenters. The maximum absolute atomic E-state index is 13.5. The van der Waals surface area contributed by atoms with E-state index in [2.05, 4.69) is 27.5 Å². The number of allylic oxidation sites excluding steroid dienone is 1. The summed E-state index contributed by atoms with van der Waals surface area (Å²) >= 11 is 4.72. The number of ether oxygens (including phenoxy) is 2. The topological polar surface area (TPSA) is 69.9 Å². The number of hydrogen-bond acceptors (Lipinski definition) is 6. The monoisotopic (exact) mass is 524 g/mol. The average molecular weight is 525 g/mol. The fraction of sp³-hybridized carbons (Fsp3) is 0.160. The molecule has 0 bridgehead atoms. The second kappa shape index (κ2) is 9.72. The molecule has 0 radical (unpaired) electrons. The molecule has 2 aromatic carbocycles. The van der Waals surface area contributed by atoms with E-state index in [1.807, 2.05) is 42.5 Å². The Morgan fingerprint density at radius 1 is 1.21 bits per heavy atom. The lowest BCUT2D eigenvalue weighted by Gasteiger charge is -2.24. The molecule has 0 fully saturated rings. The van der Waals surface area contributed by atoms with Crippen LogP contribution in [-0.4, -0.2) is 24.3 Å². The van der Waals surface area contributed by atoms with E-state index in [1.165, 1.54) is 17.4 Å². The average Bonchev–Trinajstić information content (AvgIpc) is 3.12. The van der Waals surface area contributed by atoms with Gasteiger partial charge in [0.25, 0.3) is 5.56 Å². The van der Waals surface area contributed by atoms with Gasteiger partial charge in [0.2, 0.25) is 0 Å². The Hall–Kier alpha value is -3.23. The Kier molecular flexibility index (Phi) is 6.76. The van der Waals surface area contributed by atoms with E-state index in [9.17, 15) is 9.59 Å². The summed E-state index contributed by atoms with van der Waals surface area (Å²) in [5, 5.41) is 0. The maximum atomic E-state index is 13.5. The lowest BCUT2D eigenvalue weighted by molar-refractivity contribution is -0.138. The zero-order valence-corrected chi connectivity index (χ0v) is 20.5. The maximum Gasteiger partial charge on any atom is 0.338 e. The third kappa shape index (κ3) is 4.62. The van der Waals surface area contributed by atoms with Crippen LogP contribution in [0.3, 0.4) is 0 Å². The molecular formula is C25H21BrN2O4S. The quantitative estimate of drug-likeness (QED) is 0.363. The number of rotatable bonds is 6. The highest BCUT2D eigenvalue weighted by Crippen LogP contribution is 2.31. The van der Waals surface area contributed by atoms with Crippen molar-refractivity contribution in [3.05, 3.63) is 108 Å². The summed E-state index contributed by atoms with van der Waals surface area (Å²) in [5.74, 6) is 0.150. The molecule has 1 atom stereocenters. The molecule has 0 saturated carbocycles. The predicted molar refractivity (Wildman–Crippen MR) is 132 cm³/mol. The summed E-state index contributed by atoms with van der Waals surface area (Å²) in [6.07, 6.45) is 3.33. The summed E-state index contributed by atoms with van der Waals surface area (Å²) in [6.45, 7) is 5.43. The molecule has 2 heterocycles. The minimum Gasteiger partial charge on any atom is -0.497 e. The first kappa shape index (κ1) is 22.9. The van der Waals surface area contributed by atoms with Gasteiger partial charge in [-0.1, -0.05) is 64.2 Å². The van der Waals surface area contributed by atoms with Crippen LogP contribution in [0.25, 0.3) is 6.08 Å². The van der Waals surface area contributed by atoms with Crippen molar-refractivity contribution < 1.29 is 14.3 Å². The van der Waals surface area contributed by atoms with Crippen LogP contribution in [0.5, 0.6) is 5.75 Å². The minimum atomic E-state index is -0.670. The van der Waals surface area contributed by atoms with Crippen LogP contribution in [0, 0.1) is 0 Å². The SMILES string of the molecule is C=CCOC(=O)C1=C(C)N=c2s/c(=C\c3ccc(Br)cc3)c(=O)n2C1c1ccc(OC)cc1. The second-order valence-corrected chi connectivity index (χ2v) is 9.22. The van der Waals surface area contributed by atoms with E-state index in [0.29, 0.717) is 26.4 Å². The predicted octanol–water partition coefficient (Wildman–Crippen LogP) is 3.74. The van der Waals surface area contributed by atoms with Crippen LogP contribution in [0.15, 0.2) is 86.7 Å². The Labute approximate surface area is 203 Å². The second-order valence-electron chi connectivity index (χ2n) is 7.29. The third-order valence-electron chi connectivity index (χ3n) is 5.17. The first-order chi connectivity index (χ1) is 15.9. The van der Waals surface area contributed by atoms with Gasteiger partial charge in [-0.3, -0.25) is 9.36 Å². The van der Waals surface area contributed by atoms with Crippen molar-refractivity contribution in [3.63, 3.8) is 0 Å². The summed E-state index contributed by atoms with van der Waals surface area (Å²) in [5.41, 5.74) is 2.27. The van der Waals surface area contributed by atoms with Gasteiger partial charge < -0.3 is 9.47 Å². The highest BCUT2D eigenvalue weighted by molar-refractivity contribution is 9.10. The molecule has 8 heteroatoms. The largest absolute Gasteiger partial charge is 0.497 e. The molecule has 4 rings (SSSR count). The molecular weight excluding hydrogens is 504 g/mol. The number of halogens is 1. The number of benzene rings is 2. The Balaban J connectivity index is 1.91. The van der Waals surface area contributed by atoms with Crippen molar-refractivity contribution in [3.8, 4) is 5.75 Å². The van der Waals surface area contributed by atoms with Crippen molar-refractivity contribution in [2.75, 3.05) is 13.7 Å². The standard InChI is InChI=1S/C25H21BrN2O4S/c1-4-13-32-24(30)21-15(2)27-25-28(22(21)17-7-11-19(31-3)12-8-17)23(29)20(33-25)14-16-5-9-18(26)10-6-16/h4-12,14,22H,1,13H2,2-3H3/b20-14-. The molecule has 0 amide bonds. The molecule has 3 aromatic rings. The number of carbonyl (C=O) groups is 1. The molecule has 0 aliphatic carbocycles. The van der Waals surface area contributed by atoms with Crippen molar-refractivity contribution in [2.45, 2.75) is 13.0 Å². The van der Waals surface area contributed by atoms with Gasteiger partial charge in [0.05, 0.1) is 29.0 Å². The normalized spacial score (nSPS) is 15.6. The highest BCUT2D eigenvalue weighted by atomic mass is 79.9. The fourth-order valence-electron chi connectivity index (χ4n) is 3.61. The Bertz CT molecular complexity index is 1420. The van der Waals surface area contributed by atoms with E-state index < -0.39 is 12.0 Å². The van der Waals surface area contributed by atoms with Gasteiger partial charge in [-0.2, -0.15) is 0 Å². The van der Waals surface area contributed by atoms with E-state index in [1.54, 1.807) is 30.7 Å². The molecule has 1 aliphatic rings. The van der Waals surface area contributed by atoms with Crippen LogP contribution < -0.4 is 19.6 Å². The van der Waals surface area contributed by atoms with Crippen molar-refractivity contribution in [1.29, 1.82) is 0 Å². The van der Waals surface area contributed by atoms with Crippen molar-refractivity contribution >= 4 is 39.3 Å². The highest BCUT2D eigenvalue weighted by Gasteiger charge is 2.33. The molecule has 6 nitrogen and oxygen atoms in total. The number of carbonyl (C=O) groups excluding carboxylic acids is 1. The number of methoxy groups -OCH3 is 1. The van der Waals surface area contributed by atoms with Crippen molar-refractivity contribution in [1.82, 2.24) is 4.57 Å². The molecule has 168 valence electrons. The number of fused-ring (bicyclic) bond motifs is 1. The van der Waals surface area contributed by atoms with E-state index in [4.69, 9.17) is 9.47 Å².